The van der Waals surface area contributed by atoms with E-state index < -0.39 is 5.79 Å². The van der Waals surface area contributed by atoms with Crippen molar-refractivity contribution in [2.45, 2.75) is 32.8 Å². The molecule has 2 atom stereocenters. The molecule has 1 aromatic heterocycles. The van der Waals surface area contributed by atoms with Gasteiger partial charge in [0.15, 0.2) is 0 Å². The Morgan fingerprint density at radius 1 is 1.14 bits per heavy atom. The molecule has 0 N–H and O–H groups in total. The highest BCUT2D eigenvalue weighted by Crippen LogP contribution is 2.40. The number of carbonyl (C=O) groups excluding carboxylic acids is 1. The maximum absolute atomic E-state index is 11.6. The molecule has 2 aliphatic rings. The molecule has 2 aromatic carbocycles. The van der Waals surface area contributed by atoms with Gasteiger partial charge >= 0.3 is 0 Å². The number of amides is 1. The first-order valence-electron chi connectivity index (χ1n) is 11.9. The molecular weight excluding hydrogens is 515 g/mol. The smallest absolute Gasteiger partial charge is 0.219 e. The van der Waals surface area contributed by atoms with Crippen LogP contribution in [0.2, 0.25) is 10.0 Å². The monoisotopic (exact) mass is 546 g/mol. The fourth-order valence-corrected chi connectivity index (χ4v) is 5.15. The van der Waals surface area contributed by atoms with Crippen molar-refractivity contribution < 1.29 is 19.0 Å². The van der Waals surface area contributed by atoms with Gasteiger partial charge in [-0.25, -0.2) is 4.98 Å². The maximum atomic E-state index is 11.6. The summed E-state index contributed by atoms with van der Waals surface area (Å²) in [5, 5.41) is 1.02. The van der Waals surface area contributed by atoms with Crippen molar-refractivity contribution >= 4 is 34.8 Å². The highest BCUT2D eigenvalue weighted by atomic mass is 35.5. The van der Waals surface area contributed by atoms with Crippen LogP contribution in [0, 0.1) is 0 Å². The Balaban J connectivity index is 0.00000320. The largest absolute Gasteiger partial charge is 0.491 e. The van der Waals surface area contributed by atoms with Crippen molar-refractivity contribution in [3.8, 4) is 5.75 Å². The molecule has 2 fully saturated rings. The molecule has 0 saturated carbocycles. The maximum Gasteiger partial charge on any atom is 0.219 e. The van der Waals surface area contributed by atoms with Gasteiger partial charge in [-0.05, 0) is 36.4 Å². The molecule has 3 aromatic rings. The Bertz CT molecular complexity index is 1180. The Morgan fingerprint density at radius 3 is 2.54 bits per heavy atom. The number of imidazole rings is 1. The lowest BCUT2D eigenvalue weighted by molar-refractivity contribution is -0.189. The molecule has 0 radical (unpaired) electrons. The SMILES string of the molecule is C.CC(=O)N1CCN(c2ccc(OC[C@@H]3CO[C@@](Cn4ccnc4)(c4ccc(Cl)cc4Cl)O3)cc2)CC1. The lowest BCUT2D eigenvalue weighted by atomic mass is 10.1. The summed E-state index contributed by atoms with van der Waals surface area (Å²) in [7, 11) is 0. The summed E-state index contributed by atoms with van der Waals surface area (Å²) in [5.41, 5.74) is 1.82. The molecule has 3 heterocycles. The van der Waals surface area contributed by atoms with Gasteiger partial charge in [0.05, 0.1) is 24.5 Å². The highest BCUT2D eigenvalue weighted by molar-refractivity contribution is 6.35. The quantitative estimate of drug-likeness (QED) is 0.422. The van der Waals surface area contributed by atoms with Gasteiger partial charge in [0.25, 0.3) is 0 Å². The first-order valence-corrected chi connectivity index (χ1v) is 12.6. The van der Waals surface area contributed by atoms with E-state index in [-0.39, 0.29) is 19.4 Å². The molecule has 0 unspecified atom stereocenters. The Labute approximate surface area is 227 Å². The van der Waals surface area contributed by atoms with E-state index in [1.54, 1.807) is 31.6 Å². The van der Waals surface area contributed by atoms with Crippen LogP contribution in [0.15, 0.2) is 61.2 Å². The summed E-state index contributed by atoms with van der Waals surface area (Å²) in [5.74, 6) is -0.201. The number of anilines is 1. The standard InChI is InChI=1S/C26H28Cl2N4O4.CH4/c1-19(33)31-10-12-32(13-11-31)21-3-5-22(6-4-21)34-15-23-16-35-26(36-23,17-30-9-8-29-18-30)24-7-2-20(27)14-25(24)28;/h2-9,14,18,23H,10-13,15-17H2,1H3;1H4/t23-,26-;/m1./s1. The molecule has 0 aliphatic carbocycles. The molecule has 198 valence electrons. The molecule has 37 heavy (non-hydrogen) atoms. The fraction of sp³-hybridized carbons (Fsp3) is 0.407. The van der Waals surface area contributed by atoms with Gasteiger partial charge in [-0.3, -0.25) is 4.79 Å². The summed E-state index contributed by atoms with van der Waals surface area (Å²) in [6, 6.07) is 13.3. The molecule has 8 nitrogen and oxygen atoms in total. The van der Waals surface area contributed by atoms with Gasteiger partial charge in [0.2, 0.25) is 11.7 Å². The van der Waals surface area contributed by atoms with Crippen LogP contribution in [-0.2, 0) is 26.6 Å². The molecule has 0 bridgehead atoms. The van der Waals surface area contributed by atoms with E-state index >= 15 is 0 Å². The van der Waals surface area contributed by atoms with Gasteiger partial charge in [0.1, 0.15) is 18.5 Å². The van der Waals surface area contributed by atoms with Crippen LogP contribution in [0.4, 0.5) is 5.69 Å². The Morgan fingerprint density at radius 2 is 1.89 bits per heavy atom. The van der Waals surface area contributed by atoms with Crippen molar-refractivity contribution in [1.82, 2.24) is 14.5 Å². The summed E-state index contributed by atoms with van der Waals surface area (Å²) >= 11 is 12.7. The zero-order valence-corrected chi connectivity index (χ0v) is 21.5. The second kappa shape index (κ2) is 11.7. The van der Waals surface area contributed by atoms with Gasteiger partial charge in [-0.15, -0.1) is 0 Å². The molecule has 2 saturated heterocycles. The zero-order valence-electron chi connectivity index (χ0n) is 20.0. The average molecular weight is 547 g/mol. The minimum atomic E-state index is -1.08. The number of rotatable bonds is 7. The van der Waals surface area contributed by atoms with Gasteiger partial charge in [-0.1, -0.05) is 36.7 Å². The van der Waals surface area contributed by atoms with Crippen molar-refractivity contribution in [2.75, 3.05) is 44.3 Å². The van der Waals surface area contributed by atoms with E-state index in [1.807, 2.05) is 46.0 Å². The number of halogens is 2. The molecule has 2 aliphatic heterocycles. The van der Waals surface area contributed by atoms with Gasteiger partial charge in [0, 0.05) is 61.8 Å². The lowest BCUT2D eigenvalue weighted by Crippen LogP contribution is -2.48. The fourth-order valence-electron chi connectivity index (χ4n) is 4.60. The predicted molar refractivity (Wildman–Crippen MR) is 144 cm³/mol. The van der Waals surface area contributed by atoms with Crippen molar-refractivity contribution in [3.05, 3.63) is 76.8 Å². The highest BCUT2D eigenvalue weighted by Gasteiger charge is 2.45. The molecular formula is C27H32Cl2N4O4. The van der Waals surface area contributed by atoms with Crippen molar-refractivity contribution in [3.63, 3.8) is 0 Å². The zero-order chi connectivity index (χ0) is 25.1. The normalized spacial score (nSPS) is 21.5. The number of benzene rings is 2. The van der Waals surface area contributed by atoms with Crippen LogP contribution in [0.25, 0.3) is 0 Å². The van der Waals surface area contributed by atoms with Crippen LogP contribution in [0.3, 0.4) is 0 Å². The third-order valence-corrected chi connectivity index (χ3v) is 7.06. The number of aromatic nitrogens is 2. The second-order valence-electron chi connectivity index (χ2n) is 8.96. The topological polar surface area (TPSA) is 69.1 Å². The van der Waals surface area contributed by atoms with Crippen LogP contribution in [0.5, 0.6) is 5.75 Å². The van der Waals surface area contributed by atoms with Crippen LogP contribution < -0.4 is 9.64 Å². The lowest BCUT2D eigenvalue weighted by Gasteiger charge is -2.35. The molecule has 5 rings (SSSR count). The van der Waals surface area contributed by atoms with E-state index in [0.29, 0.717) is 35.4 Å². The molecule has 10 heteroatoms. The summed E-state index contributed by atoms with van der Waals surface area (Å²) in [4.78, 5) is 19.8. The number of nitrogens with zero attached hydrogens (tertiary/aromatic N) is 4. The number of hydrogen-bond acceptors (Lipinski definition) is 6. The van der Waals surface area contributed by atoms with E-state index in [1.165, 1.54) is 0 Å². The molecule has 0 spiro atoms. The number of ether oxygens (including phenoxy) is 3. The first kappa shape index (κ1) is 27.3. The summed E-state index contributed by atoms with van der Waals surface area (Å²) < 4.78 is 20.6. The van der Waals surface area contributed by atoms with E-state index in [9.17, 15) is 4.79 Å². The van der Waals surface area contributed by atoms with Crippen LogP contribution in [-0.4, -0.2) is 65.9 Å². The second-order valence-corrected chi connectivity index (χ2v) is 9.80. The van der Waals surface area contributed by atoms with Crippen LogP contribution >= 0.6 is 23.2 Å². The third kappa shape index (κ3) is 6.21. The van der Waals surface area contributed by atoms with Gasteiger partial charge < -0.3 is 28.6 Å². The Hall–Kier alpha value is -2.78. The average Bonchev–Trinajstić information content (AvgIpc) is 3.54. The minimum Gasteiger partial charge on any atom is -0.491 e. The molecule has 1 amide bonds. The van der Waals surface area contributed by atoms with Crippen molar-refractivity contribution in [2.24, 2.45) is 0 Å². The van der Waals surface area contributed by atoms with E-state index in [0.717, 1.165) is 37.6 Å². The minimum absolute atomic E-state index is 0. The van der Waals surface area contributed by atoms with E-state index in [4.69, 9.17) is 37.4 Å². The number of hydrogen-bond donors (Lipinski definition) is 0. The summed E-state index contributed by atoms with van der Waals surface area (Å²) in [6.07, 6.45) is 4.98. The van der Waals surface area contributed by atoms with Crippen molar-refractivity contribution in [1.29, 1.82) is 0 Å². The first-order chi connectivity index (χ1) is 17.4. The Kier molecular flexibility index (Phi) is 8.64. The number of carbonyl (C=O) groups is 1. The summed E-state index contributed by atoms with van der Waals surface area (Å²) in [6.45, 7) is 5.80. The van der Waals surface area contributed by atoms with Gasteiger partial charge in [-0.2, -0.15) is 0 Å². The van der Waals surface area contributed by atoms with Crippen LogP contribution in [0.1, 0.15) is 19.9 Å². The van der Waals surface area contributed by atoms with E-state index in [2.05, 4.69) is 9.88 Å². The number of piperazine rings is 1. The predicted octanol–water partition coefficient (Wildman–Crippen LogP) is 4.84. The third-order valence-electron chi connectivity index (χ3n) is 6.51.